The van der Waals surface area contributed by atoms with Crippen LogP contribution in [0.25, 0.3) is 0 Å². The fraction of sp³-hybridized carbons (Fsp3) is 0.600. The van der Waals surface area contributed by atoms with Crippen molar-refractivity contribution in [2.45, 2.75) is 52.0 Å². The van der Waals surface area contributed by atoms with Crippen LogP contribution in [0, 0.1) is 0 Å². The van der Waals surface area contributed by atoms with Crippen LogP contribution < -0.4 is 5.32 Å². The molecule has 0 aliphatic rings. The van der Waals surface area contributed by atoms with Gasteiger partial charge in [0, 0.05) is 10.5 Å². The van der Waals surface area contributed by atoms with Crippen molar-refractivity contribution in [3.8, 4) is 0 Å². The van der Waals surface area contributed by atoms with Gasteiger partial charge in [-0.1, -0.05) is 61.2 Å². The minimum Gasteiger partial charge on any atom is -0.314 e. The molecule has 0 amide bonds. The summed E-state index contributed by atoms with van der Waals surface area (Å²) in [7, 11) is 0. The van der Waals surface area contributed by atoms with E-state index in [2.05, 4.69) is 59.4 Å². The summed E-state index contributed by atoms with van der Waals surface area (Å²) < 4.78 is 1.18. The summed E-state index contributed by atoms with van der Waals surface area (Å²) in [6.07, 6.45) is 6.41. The molecule has 1 unspecified atom stereocenters. The van der Waals surface area contributed by atoms with Crippen LogP contribution in [0.1, 0.15) is 45.1 Å². The first kappa shape index (κ1) is 14.7. The largest absolute Gasteiger partial charge is 0.314 e. The second kappa shape index (κ2) is 8.71. The maximum Gasteiger partial charge on any atom is 0.0178 e. The zero-order chi connectivity index (χ0) is 12.5. The minimum absolute atomic E-state index is 0.626. The van der Waals surface area contributed by atoms with E-state index in [1.165, 1.54) is 35.7 Å². The van der Waals surface area contributed by atoms with E-state index in [0.29, 0.717) is 6.04 Å². The smallest absolute Gasteiger partial charge is 0.0178 e. The topological polar surface area (TPSA) is 12.0 Å². The maximum atomic E-state index is 3.59. The van der Waals surface area contributed by atoms with Crippen molar-refractivity contribution in [2.75, 3.05) is 6.54 Å². The summed E-state index contributed by atoms with van der Waals surface area (Å²) in [4.78, 5) is 0. The number of likely N-dealkylation sites (N-methyl/N-ethyl adjacent to an activating group) is 1. The Bertz CT molecular complexity index is 312. The van der Waals surface area contributed by atoms with Gasteiger partial charge in [0.05, 0.1) is 0 Å². The zero-order valence-electron chi connectivity index (χ0n) is 11.0. The number of hydrogen-bond acceptors (Lipinski definition) is 1. The monoisotopic (exact) mass is 297 g/mol. The number of benzene rings is 1. The first-order chi connectivity index (χ1) is 8.26. The third-order valence-corrected chi connectivity index (χ3v) is 3.51. The van der Waals surface area contributed by atoms with Crippen molar-refractivity contribution in [1.82, 2.24) is 5.32 Å². The van der Waals surface area contributed by atoms with Gasteiger partial charge in [-0.25, -0.2) is 0 Å². The van der Waals surface area contributed by atoms with Gasteiger partial charge < -0.3 is 5.32 Å². The lowest BCUT2D eigenvalue weighted by Gasteiger charge is -2.18. The van der Waals surface area contributed by atoms with Gasteiger partial charge >= 0.3 is 0 Å². The third-order valence-electron chi connectivity index (χ3n) is 3.02. The van der Waals surface area contributed by atoms with Crippen LogP contribution in [0.2, 0.25) is 0 Å². The number of rotatable bonds is 8. The number of nitrogens with one attached hydrogen (secondary N) is 1. The van der Waals surface area contributed by atoms with E-state index in [4.69, 9.17) is 0 Å². The average molecular weight is 298 g/mol. The first-order valence-corrected chi connectivity index (χ1v) is 7.53. The van der Waals surface area contributed by atoms with E-state index in [0.717, 1.165) is 13.0 Å². The molecule has 0 aliphatic heterocycles. The lowest BCUT2D eigenvalue weighted by atomic mass is 10.0. The normalized spacial score (nSPS) is 12.6. The fourth-order valence-electron chi connectivity index (χ4n) is 2.15. The molecule has 0 saturated carbocycles. The summed E-state index contributed by atoms with van der Waals surface area (Å²) in [5, 5.41) is 3.59. The van der Waals surface area contributed by atoms with Crippen LogP contribution in [-0.2, 0) is 6.42 Å². The summed E-state index contributed by atoms with van der Waals surface area (Å²) in [5.74, 6) is 0. The summed E-state index contributed by atoms with van der Waals surface area (Å²) in [5.41, 5.74) is 1.42. The fourth-order valence-corrected chi connectivity index (χ4v) is 2.60. The molecule has 1 nitrogen and oxygen atoms in total. The van der Waals surface area contributed by atoms with Crippen molar-refractivity contribution in [2.24, 2.45) is 0 Å². The maximum absolute atomic E-state index is 3.59. The average Bonchev–Trinajstić information content (AvgIpc) is 2.29. The molecule has 1 N–H and O–H groups in total. The van der Waals surface area contributed by atoms with Crippen molar-refractivity contribution in [3.63, 3.8) is 0 Å². The molecule has 0 aromatic heterocycles. The molecule has 1 rings (SSSR count). The number of unbranched alkanes of at least 4 members (excludes halogenated alkanes) is 2. The predicted octanol–water partition coefficient (Wildman–Crippen LogP) is 4.55. The van der Waals surface area contributed by atoms with Gasteiger partial charge in [-0.2, -0.15) is 0 Å². The van der Waals surface area contributed by atoms with Crippen LogP contribution in [-0.4, -0.2) is 12.6 Å². The van der Waals surface area contributed by atoms with Gasteiger partial charge in [-0.15, -0.1) is 0 Å². The van der Waals surface area contributed by atoms with E-state index in [1.54, 1.807) is 0 Å². The van der Waals surface area contributed by atoms with Gasteiger partial charge in [0.25, 0.3) is 0 Å². The molecule has 0 bridgehead atoms. The third kappa shape index (κ3) is 6.23. The van der Waals surface area contributed by atoms with E-state index in [9.17, 15) is 0 Å². The van der Waals surface area contributed by atoms with E-state index in [-0.39, 0.29) is 0 Å². The highest BCUT2D eigenvalue weighted by molar-refractivity contribution is 9.10. The van der Waals surface area contributed by atoms with Gasteiger partial charge in [0.2, 0.25) is 0 Å². The number of hydrogen-bond donors (Lipinski definition) is 1. The Morgan fingerprint density at radius 2 is 2.06 bits per heavy atom. The predicted molar refractivity (Wildman–Crippen MR) is 79.5 cm³/mol. The van der Waals surface area contributed by atoms with Crippen molar-refractivity contribution in [3.05, 3.63) is 34.3 Å². The lowest BCUT2D eigenvalue weighted by Crippen LogP contribution is -2.30. The molecule has 0 aliphatic carbocycles. The van der Waals surface area contributed by atoms with Gasteiger partial charge in [-0.3, -0.25) is 0 Å². The van der Waals surface area contributed by atoms with Crippen LogP contribution in [0.15, 0.2) is 28.7 Å². The van der Waals surface area contributed by atoms with E-state index >= 15 is 0 Å². The minimum atomic E-state index is 0.626. The molecular formula is C15H24BrN. The second-order valence-electron chi connectivity index (χ2n) is 4.58. The Labute approximate surface area is 114 Å². The Hall–Kier alpha value is -0.340. The molecule has 1 aromatic rings. The van der Waals surface area contributed by atoms with Crippen molar-refractivity contribution >= 4 is 15.9 Å². The van der Waals surface area contributed by atoms with Gasteiger partial charge in [-0.05, 0) is 37.1 Å². The molecule has 17 heavy (non-hydrogen) atoms. The Balaban J connectivity index is 2.47. The molecule has 0 radical (unpaired) electrons. The van der Waals surface area contributed by atoms with Crippen LogP contribution in [0.5, 0.6) is 0 Å². The molecule has 2 heteroatoms. The van der Waals surface area contributed by atoms with E-state index in [1.807, 2.05) is 0 Å². The zero-order valence-corrected chi connectivity index (χ0v) is 12.6. The molecule has 0 fully saturated rings. The second-order valence-corrected chi connectivity index (χ2v) is 5.50. The highest BCUT2D eigenvalue weighted by atomic mass is 79.9. The summed E-state index contributed by atoms with van der Waals surface area (Å²) in [6.45, 7) is 5.51. The van der Waals surface area contributed by atoms with Crippen molar-refractivity contribution < 1.29 is 0 Å². The first-order valence-electron chi connectivity index (χ1n) is 6.74. The van der Waals surface area contributed by atoms with Crippen LogP contribution in [0.3, 0.4) is 0 Å². The highest BCUT2D eigenvalue weighted by Gasteiger charge is 2.08. The molecule has 1 atom stereocenters. The lowest BCUT2D eigenvalue weighted by molar-refractivity contribution is 0.467. The van der Waals surface area contributed by atoms with Crippen LogP contribution in [0.4, 0.5) is 0 Å². The molecule has 0 saturated heterocycles. The van der Waals surface area contributed by atoms with Crippen LogP contribution >= 0.6 is 15.9 Å². The van der Waals surface area contributed by atoms with Crippen molar-refractivity contribution in [1.29, 1.82) is 0 Å². The summed E-state index contributed by atoms with van der Waals surface area (Å²) in [6, 6.07) is 9.27. The molecule has 96 valence electrons. The van der Waals surface area contributed by atoms with Gasteiger partial charge in [0.15, 0.2) is 0 Å². The number of halogens is 1. The van der Waals surface area contributed by atoms with E-state index < -0.39 is 0 Å². The molecular weight excluding hydrogens is 274 g/mol. The Morgan fingerprint density at radius 3 is 2.71 bits per heavy atom. The standard InChI is InChI=1S/C15H24BrN/c1-3-5-6-10-15(17-4-2)12-13-8-7-9-14(16)11-13/h7-9,11,15,17H,3-6,10,12H2,1-2H3. The molecule has 1 aromatic carbocycles. The Morgan fingerprint density at radius 1 is 1.24 bits per heavy atom. The molecule has 0 heterocycles. The van der Waals surface area contributed by atoms with Gasteiger partial charge in [0.1, 0.15) is 0 Å². The SMILES string of the molecule is CCCCCC(Cc1cccc(Br)c1)NCC. The summed E-state index contributed by atoms with van der Waals surface area (Å²) >= 11 is 3.53. The highest BCUT2D eigenvalue weighted by Crippen LogP contribution is 2.15. The molecule has 0 spiro atoms. The quantitative estimate of drug-likeness (QED) is 0.694. The Kier molecular flexibility index (Phi) is 7.54.